The summed E-state index contributed by atoms with van der Waals surface area (Å²) < 4.78 is 10.7. The predicted molar refractivity (Wildman–Crippen MR) is 106 cm³/mol. The lowest BCUT2D eigenvalue weighted by Gasteiger charge is -2.27. The Hall–Kier alpha value is -1.78. The molecule has 1 aliphatic heterocycles. The minimum Gasteiger partial charge on any atom is -0.493 e. The molecule has 1 unspecified atom stereocenters. The topological polar surface area (TPSA) is 21.7 Å². The van der Waals surface area contributed by atoms with E-state index < -0.39 is 0 Å². The number of nitrogens with zero attached hydrogens (tertiary/aromatic N) is 1. The van der Waals surface area contributed by atoms with Crippen LogP contribution in [0.3, 0.4) is 0 Å². The lowest BCUT2D eigenvalue weighted by atomic mass is 10.0. The van der Waals surface area contributed by atoms with Crippen LogP contribution in [-0.2, 0) is 13.0 Å². The molecular weight excluding hydrogens is 354 g/mol. The summed E-state index contributed by atoms with van der Waals surface area (Å²) in [4.78, 5) is 3.38. The third-order valence-corrected chi connectivity index (χ3v) is 5.33. The van der Waals surface area contributed by atoms with Gasteiger partial charge in [-0.2, -0.15) is 0 Å². The first-order chi connectivity index (χ1) is 12.1. The summed E-state index contributed by atoms with van der Waals surface area (Å²) in [6.07, 6.45) is 3.00. The van der Waals surface area contributed by atoms with E-state index in [-0.39, 0.29) is 0 Å². The molecule has 3 nitrogen and oxygen atoms in total. The first-order valence-corrected chi connectivity index (χ1v) is 9.14. The molecule has 2 aromatic rings. The van der Waals surface area contributed by atoms with Gasteiger partial charge >= 0.3 is 0 Å². The van der Waals surface area contributed by atoms with Crippen molar-refractivity contribution in [3.8, 4) is 11.5 Å². The van der Waals surface area contributed by atoms with Crippen molar-refractivity contribution in [2.24, 2.45) is 0 Å². The Morgan fingerprint density at radius 1 is 1.04 bits per heavy atom. The molecule has 5 heteroatoms. The predicted octanol–water partition coefficient (Wildman–Crippen LogP) is 4.89. The molecule has 25 heavy (non-hydrogen) atoms. The Kier molecular flexibility index (Phi) is 5.82. The first kappa shape index (κ1) is 18.0. The number of hydrogen-bond acceptors (Lipinski definition) is 3. The molecule has 0 aliphatic carbocycles. The van der Waals surface area contributed by atoms with Gasteiger partial charge in [-0.25, -0.2) is 0 Å². The summed E-state index contributed by atoms with van der Waals surface area (Å²) in [6.45, 7) is 0.827. The molecule has 1 atom stereocenters. The van der Waals surface area contributed by atoms with Crippen LogP contribution in [0.4, 0.5) is 0 Å². The summed E-state index contributed by atoms with van der Waals surface area (Å²) in [6, 6.07) is 14.5. The Morgan fingerprint density at radius 3 is 2.40 bits per heavy atom. The third kappa shape index (κ3) is 4.25. The molecule has 0 N–H and O–H groups in total. The Balaban J connectivity index is 1.74. The van der Waals surface area contributed by atoms with Gasteiger partial charge in [-0.15, -0.1) is 0 Å². The SMILES string of the molecule is COc1ccc(CC2CCC(=S)N2Cc2ccc(Cl)cc2)cc1OC. The van der Waals surface area contributed by atoms with E-state index in [1.165, 1.54) is 11.1 Å². The number of hydrogen-bond donors (Lipinski definition) is 0. The second-order valence-corrected chi connectivity index (χ2v) is 7.14. The summed E-state index contributed by atoms with van der Waals surface area (Å²) in [5.41, 5.74) is 2.46. The van der Waals surface area contributed by atoms with Crippen molar-refractivity contribution >= 4 is 28.8 Å². The van der Waals surface area contributed by atoms with Crippen molar-refractivity contribution in [3.63, 3.8) is 0 Å². The van der Waals surface area contributed by atoms with Crippen molar-refractivity contribution in [1.82, 2.24) is 4.90 Å². The summed E-state index contributed by atoms with van der Waals surface area (Å²) in [5.74, 6) is 1.52. The number of rotatable bonds is 6. The van der Waals surface area contributed by atoms with Gasteiger partial charge in [0.2, 0.25) is 0 Å². The van der Waals surface area contributed by atoms with Crippen LogP contribution in [-0.4, -0.2) is 30.1 Å². The standard InChI is InChI=1S/C20H22ClNO2S/c1-23-18-9-5-15(12-19(18)24-2)11-17-8-10-20(25)22(17)13-14-3-6-16(21)7-4-14/h3-7,9,12,17H,8,10-11,13H2,1-2H3. The van der Waals surface area contributed by atoms with E-state index >= 15 is 0 Å². The first-order valence-electron chi connectivity index (χ1n) is 8.35. The van der Waals surface area contributed by atoms with Gasteiger partial charge in [0, 0.05) is 17.6 Å². The molecule has 1 aliphatic rings. The van der Waals surface area contributed by atoms with E-state index in [2.05, 4.69) is 29.2 Å². The van der Waals surface area contributed by atoms with Gasteiger partial charge in [0.1, 0.15) is 0 Å². The minimum absolute atomic E-state index is 0.404. The molecule has 0 amide bonds. The molecule has 0 spiro atoms. The van der Waals surface area contributed by atoms with E-state index in [9.17, 15) is 0 Å². The van der Waals surface area contributed by atoms with Crippen LogP contribution in [0.15, 0.2) is 42.5 Å². The molecule has 3 rings (SSSR count). The monoisotopic (exact) mass is 375 g/mol. The number of thiocarbonyl (C=S) groups is 1. The minimum atomic E-state index is 0.404. The van der Waals surface area contributed by atoms with Gasteiger partial charge in [0.05, 0.1) is 19.2 Å². The quantitative estimate of drug-likeness (QED) is 0.670. The zero-order valence-electron chi connectivity index (χ0n) is 14.5. The number of benzene rings is 2. The van der Waals surface area contributed by atoms with Crippen LogP contribution in [0.1, 0.15) is 24.0 Å². The molecule has 0 bridgehead atoms. The maximum atomic E-state index is 5.98. The largest absolute Gasteiger partial charge is 0.493 e. The average molecular weight is 376 g/mol. The van der Waals surface area contributed by atoms with E-state index in [0.29, 0.717) is 6.04 Å². The maximum absolute atomic E-state index is 5.98. The number of ether oxygens (including phenoxy) is 2. The van der Waals surface area contributed by atoms with Gasteiger partial charge in [0.15, 0.2) is 11.5 Å². The average Bonchev–Trinajstić information content (AvgIpc) is 2.96. The highest BCUT2D eigenvalue weighted by Crippen LogP contribution is 2.31. The highest BCUT2D eigenvalue weighted by molar-refractivity contribution is 7.80. The van der Waals surface area contributed by atoms with Gasteiger partial charge < -0.3 is 14.4 Å². The van der Waals surface area contributed by atoms with Gasteiger partial charge in [-0.1, -0.05) is 42.0 Å². The van der Waals surface area contributed by atoms with Gasteiger partial charge in [-0.3, -0.25) is 0 Å². The number of halogens is 1. The zero-order chi connectivity index (χ0) is 17.8. The molecular formula is C20H22ClNO2S. The highest BCUT2D eigenvalue weighted by Gasteiger charge is 2.28. The van der Waals surface area contributed by atoms with Crippen LogP contribution < -0.4 is 9.47 Å². The molecule has 2 aromatic carbocycles. The van der Waals surface area contributed by atoms with Crippen LogP contribution in [0.25, 0.3) is 0 Å². The fraction of sp³-hybridized carbons (Fsp3) is 0.350. The van der Waals surface area contributed by atoms with E-state index in [4.69, 9.17) is 33.3 Å². The molecule has 0 saturated carbocycles. The second kappa shape index (κ2) is 8.07. The maximum Gasteiger partial charge on any atom is 0.160 e. The fourth-order valence-corrected chi connectivity index (χ4v) is 3.75. The van der Waals surface area contributed by atoms with E-state index in [1.807, 2.05) is 18.2 Å². The van der Waals surface area contributed by atoms with Crippen molar-refractivity contribution in [2.45, 2.75) is 31.8 Å². The Labute approximate surface area is 159 Å². The van der Waals surface area contributed by atoms with Crippen LogP contribution in [0.2, 0.25) is 5.02 Å². The smallest absolute Gasteiger partial charge is 0.160 e. The third-order valence-electron chi connectivity index (χ3n) is 4.64. The molecule has 1 fully saturated rings. The summed E-state index contributed by atoms with van der Waals surface area (Å²) in [5, 5.41) is 0.759. The number of likely N-dealkylation sites (tertiary alicyclic amines) is 1. The van der Waals surface area contributed by atoms with Crippen LogP contribution in [0.5, 0.6) is 11.5 Å². The van der Waals surface area contributed by atoms with Crippen molar-refractivity contribution < 1.29 is 9.47 Å². The Morgan fingerprint density at radius 2 is 1.72 bits per heavy atom. The van der Waals surface area contributed by atoms with Crippen LogP contribution in [0, 0.1) is 0 Å². The van der Waals surface area contributed by atoms with Crippen molar-refractivity contribution in [3.05, 3.63) is 58.6 Å². The fourth-order valence-electron chi connectivity index (χ4n) is 3.29. The summed E-state index contributed by atoms with van der Waals surface area (Å²) >= 11 is 11.6. The molecule has 132 valence electrons. The second-order valence-electron chi connectivity index (χ2n) is 6.23. The van der Waals surface area contributed by atoms with Gasteiger partial charge in [0.25, 0.3) is 0 Å². The highest BCUT2D eigenvalue weighted by atomic mass is 35.5. The normalized spacial score (nSPS) is 17.0. The lowest BCUT2D eigenvalue weighted by Crippen LogP contribution is -2.33. The summed E-state index contributed by atoms with van der Waals surface area (Å²) in [7, 11) is 3.32. The molecule has 1 heterocycles. The molecule has 1 saturated heterocycles. The zero-order valence-corrected chi connectivity index (χ0v) is 16.1. The van der Waals surface area contributed by atoms with Crippen molar-refractivity contribution in [1.29, 1.82) is 0 Å². The van der Waals surface area contributed by atoms with Gasteiger partial charge in [-0.05, 0) is 54.7 Å². The lowest BCUT2D eigenvalue weighted by molar-refractivity contribution is 0.328. The van der Waals surface area contributed by atoms with E-state index in [1.54, 1.807) is 14.2 Å². The Bertz CT molecular complexity index is 748. The number of methoxy groups -OCH3 is 2. The molecule has 0 aromatic heterocycles. The van der Waals surface area contributed by atoms with Crippen molar-refractivity contribution in [2.75, 3.05) is 14.2 Å². The van der Waals surface area contributed by atoms with Crippen LogP contribution >= 0.6 is 23.8 Å². The van der Waals surface area contributed by atoms with E-state index in [0.717, 1.165) is 47.3 Å². The molecule has 0 radical (unpaired) electrons.